The minimum atomic E-state index is -0.946. The van der Waals surface area contributed by atoms with Gasteiger partial charge in [0.1, 0.15) is 0 Å². The Morgan fingerprint density at radius 1 is 1.39 bits per heavy atom. The molecule has 0 aliphatic heterocycles. The van der Waals surface area contributed by atoms with E-state index in [1.165, 1.54) is 19.3 Å². The topological polar surface area (TPSA) is 68.0 Å². The van der Waals surface area contributed by atoms with Gasteiger partial charge in [-0.15, -0.1) is 5.10 Å². The van der Waals surface area contributed by atoms with Gasteiger partial charge in [-0.25, -0.2) is 9.48 Å². The predicted octanol–water partition coefficient (Wildman–Crippen LogP) is 2.82. The van der Waals surface area contributed by atoms with Crippen LogP contribution < -0.4 is 0 Å². The number of nitrogens with zero attached hydrogens (tertiary/aromatic N) is 3. The number of carboxylic acid groups (broad SMARTS) is 1. The Balaban J connectivity index is 2.26. The maximum atomic E-state index is 11.2. The van der Waals surface area contributed by atoms with E-state index < -0.39 is 5.97 Å². The number of carboxylic acids is 1. The Morgan fingerprint density at radius 3 is 2.72 bits per heavy atom. The largest absolute Gasteiger partial charge is 0.476 e. The van der Waals surface area contributed by atoms with E-state index in [-0.39, 0.29) is 5.69 Å². The van der Waals surface area contributed by atoms with E-state index in [1.54, 1.807) is 0 Å². The van der Waals surface area contributed by atoms with E-state index in [0.717, 1.165) is 37.9 Å². The molecule has 0 unspecified atom stereocenters. The van der Waals surface area contributed by atoms with Crippen LogP contribution in [0.25, 0.3) is 0 Å². The van der Waals surface area contributed by atoms with Gasteiger partial charge >= 0.3 is 5.97 Å². The van der Waals surface area contributed by atoms with Crippen LogP contribution in [0.5, 0.6) is 0 Å². The van der Waals surface area contributed by atoms with Crippen molar-refractivity contribution in [2.75, 3.05) is 0 Å². The molecule has 0 amide bonds. The lowest BCUT2D eigenvalue weighted by Gasteiger charge is -2.22. The van der Waals surface area contributed by atoms with Crippen molar-refractivity contribution in [1.29, 1.82) is 0 Å². The lowest BCUT2D eigenvalue weighted by molar-refractivity contribution is 0.0688. The summed E-state index contributed by atoms with van der Waals surface area (Å²) in [7, 11) is 0. The first-order valence-electron chi connectivity index (χ1n) is 6.90. The maximum Gasteiger partial charge on any atom is 0.358 e. The molecule has 5 heteroatoms. The van der Waals surface area contributed by atoms with Gasteiger partial charge in [-0.3, -0.25) is 0 Å². The van der Waals surface area contributed by atoms with Gasteiger partial charge in [-0.2, -0.15) is 0 Å². The zero-order valence-electron chi connectivity index (χ0n) is 10.9. The van der Waals surface area contributed by atoms with E-state index in [4.69, 9.17) is 0 Å². The fraction of sp³-hybridized carbons (Fsp3) is 0.769. The van der Waals surface area contributed by atoms with Crippen LogP contribution in [0.2, 0.25) is 0 Å². The average molecular weight is 251 g/mol. The third kappa shape index (κ3) is 2.71. The number of carbonyl (C=O) groups is 1. The fourth-order valence-corrected chi connectivity index (χ4v) is 2.73. The van der Waals surface area contributed by atoms with Crippen molar-refractivity contribution in [2.24, 2.45) is 0 Å². The fourth-order valence-electron chi connectivity index (χ4n) is 2.73. The van der Waals surface area contributed by atoms with E-state index >= 15 is 0 Å². The Bertz CT molecular complexity index is 408. The zero-order chi connectivity index (χ0) is 13.0. The predicted molar refractivity (Wildman–Crippen MR) is 67.7 cm³/mol. The van der Waals surface area contributed by atoms with Gasteiger partial charge in [0, 0.05) is 12.5 Å². The summed E-state index contributed by atoms with van der Waals surface area (Å²) in [4.78, 5) is 11.2. The third-order valence-corrected chi connectivity index (χ3v) is 3.69. The normalized spacial score (nSPS) is 16.9. The number of hydrogen-bond acceptors (Lipinski definition) is 3. The van der Waals surface area contributed by atoms with Gasteiger partial charge in [-0.1, -0.05) is 37.8 Å². The van der Waals surface area contributed by atoms with Crippen molar-refractivity contribution in [2.45, 2.75) is 64.3 Å². The van der Waals surface area contributed by atoms with Crippen molar-refractivity contribution < 1.29 is 9.90 Å². The summed E-state index contributed by atoms with van der Waals surface area (Å²) in [6, 6.07) is 0. The number of aryl methyl sites for hydroxylation is 1. The summed E-state index contributed by atoms with van der Waals surface area (Å²) in [6.07, 6.45) is 7.86. The molecule has 0 bridgehead atoms. The van der Waals surface area contributed by atoms with Crippen LogP contribution in [0.4, 0.5) is 0 Å². The average Bonchev–Trinajstić information content (AvgIpc) is 2.81. The molecule has 0 atom stereocenters. The van der Waals surface area contributed by atoms with Gasteiger partial charge in [0.2, 0.25) is 0 Å². The molecule has 0 saturated heterocycles. The molecule has 1 aromatic rings. The van der Waals surface area contributed by atoms with Crippen molar-refractivity contribution in [3.8, 4) is 0 Å². The molecule has 1 fully saturated rings. The molecule has 0 spiro atoms. The highest BCUT2D eigenvalue weighted by Gasteiger charge is 2.27. The minimum Gasteiger partial charge on any atom is -0.476 e. The molecule has 18 heavy (non-hydrogen) atoms. The first kappa shape index (κ1) is 13.1. The Labute approximate surface area is 107 Å². The minimum absolute atomic E-state index is 0.165. The van der Waals surface area contributed by atoms with Crippen LogP contribution in [0.15, 0.2) is 0 Å². The van der Waals surface area contributed by atoms with Gasteiger partial charge in [0.15, 0.2) is 5.69 Å². The van der Waals surface area contributed by atoms with Gasteiger partial charge < -0.3 is 5.11 Å². The van der Waals surface area contributed by atoms with Crippen molar-refractivity contribution in [3.63, 3.8) is 0 Å². The molecule has 0 aromatic carbocycles. The molecule has 1 saturated carbocycles. The summed E-state index contributed by atoms with van der Waals surface area (Å²) in [5.74, 6) is -0.616. The van der Waals surface area contributed by atoms with E-state index in [1.807, 2.05) is 4.68 Å². The molecular weight excluding hydrogens is 230 g/mol. The van der Waals surface area contributed by atoms with Crippen LogP contribution in [-0.2, 0) is 6.54 Å². The van der Waals surface area contributed by atoms with Crippen LogP contribution >= 0.6 is 0 Å². The number of unbranched alkanes of at least 4 members (excludes halogenated alkanes) is 1. The molecule has 1 heterocycles. The quantitative estimate of drug-likeness (QED) is 0.873. The van der Waals surface area contributed by atoms with E-state index in [2.05, 4.69) is 17.2 Å². The lowest BCUT2D eigenvalue weighted by Crippen LogP contribution is -2.15. The first-order valence-corrected chi connectivity index (χ1v) is 6.90. The Kier molecular flexibility index (Phi) is 4.33. The highest BCUT2D eigenvalue weighted by atomic mass is 16.4. The summed E-state index contributed by atoms with van der Waals surface area (Å²) < 4.78 is 1.82. The summed E-state index contributed by atoms with van der Waals surface area (Å²) in [6.45, 7) is 2.90. The number of hydrogen-bond donors (Lipinski definition) is 1. The molecule has 1 N–H and O–H groups in total. The standard InChI is InChI=1S/C13H21N3O2/c1-2-3-9-16-12(10-7-5-4-6-8-10)11(13(17)18)14-15-16/h10H,2-9H2,1H3,(H,17,18). The van der Waals surface area contributed by atoms with E-state index in [0.29, 0.717) is 5.92 Å². The summed E-state index contributed by atoms with van der Waals surface area (Å²) in [5.41, 5.74) is 1.02. The second-order valence-electron chi connectivity index (χ2n) is 5.04. The second kappa shape index (κ2) is 5.98. The zero-order valence-corrected chi connectivity index (χ0v) is 10.9. The molecular formula is C13H21N3O2. The second-order valence-corrected chi connectivity index (χ2v) is 5.04. The van der Waals surface area contributed by atoms with Gasteiger partial charge in [-0.05, 0) is 19.3 Å². The molecule has 0 radical (unpaired) electrons. The maximum absolute atomic E-state index is 11.2. The third-order valence-electron chi connectivity index (χ3n) is 3.69. The number of aromatic nitrogens is 3. The lowest BCUT2D eigenvalue weighted by atomic mass is 9.86. The van der Waals surface area contributed by atoms with Crippen LogP contribution in [-0.4, -0.2) is 26.1 Å². The SMILES string of the molecule is CCCCn1nnc(C(=O)O)c1C1CCCCC1. The Hall–Kier alpha value is -1.39. The smallest absolute Gasteiger partial charge is 0.358 e. The number of aromatic carboxylic acids is 1. The first-order chi connectivity index (χ1) is 8.74. The monoisotopic (exact) mass is 251 g/mol. The van der Waals surface area contributed by atoms with Crippen molar-refractivity contribution in [3.05, 3.63) is 11.4 Å². The van der Waals surface area contributed by atoms with Crippen molar-refractivity contribution in [1.82, 2.24) is 15.0 Å². The summed E-state index contributed by atoms with van der Waals surface area (Å²) in [5, 5.41) is 17.1. The molecule has 5 nitrogen and oxygen atoms in total. The van der Waals surface area contributed by atoms with Crippen LogP contribution in [0.1, 0.15) is 74.0 Å². The molecule has 1 aromatic heterocycles. The van der Waals surface area contributed by atoms with Gasteiger partial charge in [0.05, 0.1) is 5.69 Å². The highest BCUT2D eigenvalue weighted by Crippen LogP contribution is 2.33. The van der Waals surface area contributed by atoms with Gasteiger partial charge in [0.25, 0.3) is 0 Å². The molecule has 1 aliphatic rings. The Morgan fingerprint density at radius 2 is 2.11 bits per heavy atom. The molecule has 2 rings (SSSR count). The van der Waals surface area contributed by atoms with E-state index in [9.17, 15) is 9.90 Å². The highest BCUT2D eigenvalue weighted by molar-refractivity contribution is 5.86. The molecule has 100 valence electrons. The van der Waals surface area contributed by atoms with Crippen molar-refractivity contribution >= 4 is 5.97 Å². The van der Waals surface area contributed by atoms with Crippen LogP contribution in [0.3, 0.4) is 0 Å². The molecule has 1 aliphatic carbocycles. The number of rotatable bonds is 5. The van der Waals surface area contributed by atoms with Crippen LogP contribution in [0, 0.1) is 0 Å². The summed E-state index contributed by atoms with van der Waals surface area (Å²) >= 11 is 0.